The van der Waals surface area contributed by atoms with Crippen molar-refractivity contribution in [1.82, 2.24) is 5.32 Å². The van der Waals surface area contributed by atoms with Gasteiger partial charge in [-0.1, -0.05) is 18.5 Å². The molecule has 0 spiro atoms. The van der Waals surface area contributed by atoms with Gasteiger partial charge in [0.1, 0.15) is 5.75 Å². The van der Waals surface area contributed by atoms with Gasteiger partial charge in [0.05, 0.1) is 7.11 Å². The van der Waals surface area contributed by atoms with Crippen LogP contribution in [0.25, 0.3) is 0 Å². The van der Waals surface area contributed by atoms with Crippen molar-refractivity contribution in [1.29, 1.82) is 0 Å². The molecule has 0 aliphatic rings. The number of ether oxygens (including phenoxy) is 1. The highest BCUT2D eigenvalue weighted by molar-refractivity contribution is 6.30. The van der Waals surface area contributed by atoms with Gasteiger partial charge in [0.15, 0.2) is 0 Å². The molecule has 16 heavy (non-hydrogen) atoms. The van der Waals surface area contributed by atoms with Crippen molar-refractivity contribution in [3.8, 4) is 5.75 Å². The van der Waals surface area contributed by atoms with Crippen LogP contribution in [0.5, 0.6) is 5.75 Å². The molecule has 1 rings (SSSR count). The molecule has 88 valence electrons. The van der Waals surface area contributed by atoms with Gasteiger partial charge in [-0.15, -0.1) is 0 Å². The molecule has 0 aliphatic heterocycles. The molecule has 0 saturated heterocycles. The lowest BCUT2D eigenvalue weighted by atomic mass is 10.1. The van der Waals surface area contributed by atoms with Crippen LogP contribution >= 0.6 is 11.6 Å². The normalized spacial score (nSPS) is 9.94. The van der Waals surface area contributed by atoms with Crippen molar-refractivity contribution < 1.29 is 9.53 Å². The Balaban J connectivity index is 2.58. The summed E-state index contributed by atoms with van der Waals surface area (Å²) in [5.41, 5.74) is 1.01. The molecule has 0 heterocycles. The molecule has 1 aromatic carbocycles. The summed E-state index contributed by atoms with van der Waals surface area (Å²) in [5, 5.41) is 3.49. The zero-order valence-electron chi connectivity index (χ0n) is 9.55. The van der Waals surface area contributed by atoms with E-state index in [1.165, 1.54) is 0 Å². The molecule has 0 saturated carbocycles. The quantitative estimate of drug-likeness (QED) is 0.860. The minimum atomic E-state index is 0.0565. The average Bonchev–Trinajstić information content (AvgIpc) is 2.29. The zero-order chi connectivity index (χ0) is 12.0. The van der Waals surface area contributed by atoms with Crippen LogP contribution in [0.15, 0.2) is 18.2 Å². The maximum Gasteiger partial charge on any atom is 0.219 e. The topological polar surface area (TPSA) is 38.3 Å². The molecule has 0 aliphatic carbocycles. The first-order valence-electron chi connectivity index (χ1n) is 5.26. The number of hydrogen-bond donors (Lipinski definition) is 1. The second-order valence-corrected chi connectivity index (χ2v) is 3.85. The number of carbonyl (C=O) groups excluding carboxylic acids is 1. The molecular formula is C12H16ClNO2. The molecule has 1 amide bonds. The largest absolute Gasteiger partial charge is 0.496 e. The summed E-state index contributed by atoms with van der Waals surface area (Å²) >= 11 is 5.90. The van der Waals surface area contributed by atoms with E-state index in [0.717, 1.165) is 17.7 Å². The van der Waals surface area contributed by atoms with Gasteiger partial charge in [0.25, 0.3) is 0 Å². The van der Waals surface area contributed by atoms with Crippen LogP contribution in [-0.4, -0.2) is 19.6 Å². The highest BCUT2D eigenvalue weighted by Gasteiger charge is 2.04. The van der Waals surface area contributed by atoms with Gasteiger partial charge in [-0.05, 0) is 30.2 Å². The fourth-order valence-corrected chi connectivity index (χ4v) is 1.60. The van der Waals surface area contributed by atoms with E-state index in [1.54, 1.807) is 13.2 Å². The predicted octanol–water partition coefficient (Wildman–Crippen LogP) is 2.42. The van der Waals surface area contributed by atoms with Gasteiger partial charge < -0.3 is 10.1 Å². The Hall–Kier alpha value is -1.22. The minimum absolute atomic E-state index is 0.0565. The second kappa shape index (κ2) is 6.38. The van der Waals surface area contributed by atoms with Crippen molar-refractivity contribution in [2.75, 3.05) is 13.7 Å². The summed E-state index contributed by atoms with van der Waals surface area (Å²) in [6, 6.07) is 5.48. The molecule has 4 heteroatoms. The Labute approximate surface area is 101 Å². The predicted molar refractivity (Wildman–Crippen MR) is 65.0 cm³/mol. The van der Waals surface area contributed by atoms with Crippen molar-refractivity contribution in [3.05, 3.63) is 28.8 Å². The van der Waals surface area contributed by atoms with E-state index < -0.39 is 0 Å². The molecule has 0 bridgehead atoms. The number of hydrogen-bond acceptors (Lipinski definition) is 2. The summed E-state index contributed by atoms with van der Waals surface area (Å²) in [5.74, 6) is 0.858. The SMILES string of the molecule is CCC(=O)NCCc1cc(Cl)ccc1OC. The molecule has 1 N–H and O–H groups in total. The van der Waals surface area contributed by atoms with Gasteiger partial charge >= 0.3 is 0 Å². The summed E-state index contributed by atoms with van der Waals surface area (Å²) < 4.78 is 5.21. The lowest BCUT2D eigenvalue weighted by Gasteiger charge is -2.09. The maximum absolute atomic E-state index is 11.1. The minimum Gasteiger partial charge on any atom is -0.496 e. The van der Waals surface area contributed by atoms with Gasteiger partial charge in [-0.2, -0.15) is 0 Å². The van der Waals surface area contributed by atoms with E-state index in [9.17, 15) is 4.79 Å². The third-order valence-corrected chi connectivity index (χ3v) is 2.52. The average molecular weight is 242 g/mol. The molecular weight excluding hydrogens is 226 g/mol. The Morgan fingerprint density at radius 3 is 2.88 bits per heavy atom. The highest BCUT2D eigenvalue weighted by Crippen LogP contribution is 2.22. The number of nitrogens with one attached hydrogen (secondary N) is 1. The first kappa shape index (κ1) is 12.8. The van der Waals surface area contributed by atoms with Crippen LogP contribution in [-0.2, 0) is 11.2 Å². The monoisotopic (exact) mass is 241 g/mol. The molecule has 0 unspecified atom stereocenters. The molecule has 0 atom stereocenters. The fourth-order valence-electron chi connectivity index (χ4n) is 1.40. The van der Waals surface area contributed by atoms with E-state index in [2.05, 4.69) is 5.32 Å². The first-order chi connectivity index (χ1) is 7.67. The standard InChI is InChI=1S/C12H16ClNO2/c1-3-12(15)14-7-6-9-8-10(13)4-5-11(9)16-2/h4-5,8H,3,6-7H2,1-2H3,(H,14,15). The van der Waals surface area contributed by atoms with Crippen LogP contribution in [0.4, 0.5) is 0 Å². The molecule has 3 nitrogen and oxygen atoms in total. The number of halogens is 1. The third-order valence-electron chi connectivity index (χ3n) is 2.28. The van der Waals surface area contributed by atoms with Crippen LogP contribution in [0.2, 0.25) is 5.02 Å². The van der Waals surface area contributed by atoms with Gasteiger partial charge in [0.2, 0.25) is 5.91 Å². The van der Waals surface area contributed by atoms with Crippen molar-refractivity contribution in [3.63, 3.8) is 0 Å². The van der Waals surface area contributed by atoms with E-state index >= 15 is 0 Å². The zero-order valence-corrected chi connectivity index (χ0v) is 10.3. The van der Waals surface area contributed by atoms with Gasteiger partial charge in [-0.25, -0.2) is 0 Å². The van der Waals surface area contributed by atoms with E-state index in [1.807, 2.05) is 19.1 Å². The number of benzene rings is 1. The van der Waals surface area contributed by atoms with Crippen molar-refractivity contribution >= 4 is 17.5 Å². The first-order valence-corrected chi connectivity index (χ1v) is 5.64. The highest BCUT2D eigenvalue weighted by atomic mass is 35.5. The smallest absolute Gasteiger partial charge is 0.219 e. The lowest BCUT2D eigenvalue weighted by molar-refractivity contribution is -0.120. The summed E-state index contributed by atoms with van der Waals surface area (Å²) in [4.78, 5) is 11.1. The van der Waals surface area contributed by atoms with Crippen LogP contribution in [0.3, 0.4) is 0 Å². The van der Waals surface area contributed by atoms with Crippen molar-refractivity contribution in [2.45, 2.75) is 19.8 Å². The molecule has 1 aromatic rings. The number of amides is 1. The van der Waals surface area contributed by atoms with E-state index in [-0.39, 0.29) is 5.91 Å². The third kappa shape index (κ3) is 3.74. The second-order valence-electron chi connectivity index (χ2n) is 3.41. The van der Waals surface area contributed by atoms with E-state index in [0.29, 0.717) is 18.0 Å². The van der Waals surface area contributed by atoms with E-state index in [4.69, 9.17) is 16.3 Å². The molecule has 0 aromatic heterocycles. The summed E-state index contributed by atoms with van der Waals surface area (Å²) in [6.07, 6.45) is 1.22. The fraction of sp³-hybridized carbons (Fsp3) is 0.417. The van der Waals surface area contributed by atoms with Gasteiger partial charge in [-0.3, -0.25) is 4.79 Å². The Kier molecular flexibility index (Phi) is 5.12. The Bertz CT molecular complexity index is 366. The summed E-state index contributed by atoms with van der Waals surface area (Å²) in [7, 11) is 1.62. The van der Waals surface area contributed by atoms with Crippen molar-refractivity contribution in [2.24, 2.45) is 0 Å². The number of carbonyl (C=O) groups is 1. The molecule has 0 radical (unpaired) electrons. The Morgan fingerprint density at radius 2 is 2.25 bits per heavy atom. The summed E-state index contributed by atoms with van der Waals surface area (Å²) in [6.45, 7) is 2.43. The lowest BCUT2D eigenvalue weighted by Crippen LogP contribution is -2.24. The van der Waals surface area contributed by atoms with Crippen LogP contribution in [0, 0.1) is 0 Å². The number of rotatable bonds is 5. The Morgan fingerprint density at radius 1 is 1.50 bits per heavy atom. The maximum atomic E-state index is 11.1. The number of methoxy groups -OCH3 is 1. The van der Waals surface area contributed by atoms with Crippen LogP contribution < -0.4 is 10.1 Å². The molecule has 0 fully saturated rings. The van der Waals surface area contributed by atoms with Crippen LogP contribution in [0.1, 0.15) is 18.9 Å². The van der Waals surface area contributed by atoms with Gasteiger partial charge in [0, 0.05) is 18.0 Å².